The number of amides is 1. The Balaban J connectivity index is 2.41. The lowest BCUT2D eigenvalue weighted by Gasteiger charge is -2.29. The van der Waals surface area contributed by atoms with Gasteiger partial charge in [-0.1, -0.05) is 13.8 Å². The van der Waals surface area contributed by atoms with E-state index in [1.165, 1.54) is 12.8 Å². The van der Waals surface area contributed by atoms with Crippen molar-refractivity contribution in [2.24, 2.45) is 5.92 Å². The lowest BCUT2D eigenvalue weighted by molar-refractivity contribution is -0.123. The van der Waals surface area contributed by atoms with Crippen molar-refractivity contribution in [1.29, 1.82) is 0 Å². The second kappa shape index (κ2) is 7.85. The molecule has 0 aromatic carbocycles. The standard InChI is InChI=1S/C15H31N3O/c1-11(2)13(5)17-15(19)10-18(12(3)4)9-14-7-6-8-16-14/h11-14,16H,6-10H2,1-5H3,(H,17,19). The predicted molar refractivity (Wildman–Crippen MR) is 80.2 cm³/mol. The van der Waals surface area contributed by atoms with Gasteiger partial charge in [-0.25, -0.2) is 0 Å². The zero-order chi connectivity index (χ0) is 14.4. The summed E-state index contributed by atoms with van der Waals surface area (Å²) < 4.78 is 0. The maximum absolute atomic E-state index is 12.1. The van der Waals surface area contributed by atoms with Crippen LogP contribution in [0.5, 0.6) is 0 Å². The highest BCUT2D eigenvalue weighted by molar-refractivity contribution is 5.78. The van der Waals surface area contributed by atoms with Crippen molar-refractivity contribution < 1.29 is 4.79 Å². The summed E-state index contributed by atoms with van der Waals surface area (Å²) >= 11 is 0. The third-order valence-electron chi connectivity index (χ3n) is 4.08. The van der Waals surface area contributed by atoms with E-state index in [2.05, 4.69) is 50.2 Å². The average Bonchev–Trinajstić information content (AvgIpc) is 2.80. The second-order valence-electron chi connectivity index (χ2n) is 6.42. The number of nitrogens with zero attached hydrogens (tertiary/aromatic N) is 1. The first-order valence-electron chi connectivity index (χ1n) is 7.67. The maximum Gasteiger partial charge on any atom is 0.234 e. The molecule has 1 amide bonds. The van der Waals surface area contributed by atoms with Crippen molar-refractivity contribution in [2.45, 2.75) is 65.6 Å². The fourth-order valence-electron chi connectivity index (χ4n) is 2.30. The van der Waals surface area contributed by atoms with Crippen molar-refractivity contribution >= 4 is 5.91 Å². The molecule has 0 spiro atoms. The molecular weight excluding hydrogens is 238 g/mol. The molecule has 1 aliphatic heterocycles. The summed E-state index contributed by atoms with van der Waals surface area (Å²) in [6.07, 6.45) is 2.49. The lowest BCUT2D eigenvalue weighted by atomic mass is 10.1. The van der Waals surface area contributed by atoms with E-state index in [-0.39, 0.29) is 11.9 Å². The third kappa shape index (κ3) is 5.91. The van der Waals surface area contributed by atoms with Crippen molar-refractivity contribution in [3.8, 4) is 0 Å². The highest BCUT2D eigenvalue weighted by Crippen LogP contribution is 2.09. The van der Waals surface area contributed by atoms with Crippen LogP contribution in [-0.4, -0.2) is 48.6 Å². The Morgan fingerprint density at radius 2 is 2.00 bits per heavy atom. The first-order valence-corrected chi connectivity index (χ1v) is 7.67. The second-order valence-corrected chi connectivity index (χ2v) is 6.42. The van der Waals surface area contributed by atoms with Gasteiger partial charge in [0.1, 0.15) is 0 Å². The summed E-state index contributed by atoms with van der Waals surface area (Å²) in [7, 11) is 0. The minimum atomic E-state index is 0.146. The molecule has 1 aliphatic rings. The van der Waals surface area contributed by atoms with Gasteiger partial charge in [0.05, 0.1) is 6.54 Å². The van der Waals surface area contributed by atoms with Crippen molar-refractivity contribution in [3.05, 3.63) is 0 Å². The third-order valence-corrected chi connectivity index (χ3v) is 4.08. The summed E-state index contributed by atoms with van der Waals surface area (Å²) in [5, 5.41) is 6.59. The minimum absolute atomic E-state index is 0.146. The lowest BCUT2D eigenvalue weighted by Crippen LogP contribution is -2.48. The zero-order valence-corrected chi connectivity index (χ0v) is 13.2. The molecule has 1 saturated heterocycles. The van der Waals surface area contributed by atoms with Gasteiger partial charge in [0.2, 0.25) is 5.91 Å². The average molecular weight is 269 g/mol. The normalized spacial score (nSPS) is 21.4. The molecule has 0 bridgehead atoms. The fourth-order valence-corrected chi connectivity index (χ4v) is 2.30. The number of hydrogen-bond acceptors (Lipinski definition) is 3. The quantitative estimate of drug-likeness (QED) is 0.738. The number of carbonyl (C=O) groups excluding carboxylic acids is 1. The highest BCUT2D eigenvalue weighted by Gasteiger charge is 2.22. The van der Waals surface area contributed by atoms with E-state index in [1.807, 2.05) is 0 Å². The zero-order valence-electron chi connectivity index (χ0n) is 13.2. The van der Waals surface area contributed by atoms with E-state index in [0.717, 1.165) is 13.1 Å². The van der Waals surface area contributed by atoms with Crippen LogP contribution < -0.4 is 10.6 Å². The number of hydrogen-bond donors (Lipinski definition) is 2. The van der Waals surface area contributed by atoms with Gasteiger partial charge in [0.15, 0.2) is 0 Å². The molecular formula is C15H31N3O. The van der Waals surface area contributed by atoms with Gasteiger partial charge in [-0.3, -0.25) is 9.69 Å². The fraction of sp³-hybridized carbons (Fsp3) is 0.933. The summed E-state index contributed by atoms with van der Waals surface area (Å²) in [6, 6.07) is 1.20. The topological polar surface area (TPSA) is 44.4 Å². The van der Waals surface area contributed by atoms with E-state index in [1.54, 1.807) is 0 Å². The highest BCUT2D eigenvalue weighted by atomic mass is 16.2. The molecule has 0 aliphatic carbocycles. The molecule has 4 heteroatoms. The van der Waals surface area contributed by atoms with Crippen molar-refractivity contribution in [1.82, 2.24) is 15.5 Å². The number of nitrogens with one attached hydrogen (secondary N) is 2. The van der Waals surface area contributed by atoms with Crippen LogP contribution in [0.2, 0.25) is 0 Å². The SMILES string of the molecule is CC(C)C(C)NC(=O)CN(CC1CCCN1)C(C)C. The van der Waals surface area contributed by atoms with Gasteiger partial charge in [-0.05, 0) is 46.1 Å². The molecule has 2 atom stereocenters. The Morgan fingerprint density at radius 3 is 2.47 bits per heavy atom. The molecule has 0 aromatic heterocycles. The summed E-state index contributed by atoms with van der Waals surface area (Å²) in [5.74, 6) is 0.626. The Labute approximate surface area is 118 Å². The van der Waals surface area contributed by atoms with Crippen LogP contribution in [0.15, 0.2) is 0 Å². The van der Waals surface area contributed by atoms with E-state index >= 15 is 0 Å². The molecule has 0 aromatic rings. The summed E-state index contributed by atoms with van der Waals surface area (Å²) in [5.41, 5.74) is 0. The van der Waals surface area contributed by atoms with Crippen LogP contribution in [0.3, 0.4) is 0 Å². The van der Waals surface area contributed by atoms with Crippen LogP contribution in [0.25, 0.3) is 0 Å². The molecule has 2 N–H and O–H groups in total. The molecule has 4 nitrogen and oxygen atoms in total. The minimum Gasteiger partial charge on any atom is -0.352 e. The molecule has 2 unspecified atom stereocenters. The predicted octanol–water partition coefficient (Wildman–Crippen LogP) is 1.61. The van der Waals surface area contributed by atoms with Gasteiger partial charge in [0.25, 0.3) is 0 Å². The van der Waals surface area contributed by atoms with Gasteiger partial charge in [0, 0.05) is 24.7 Å². The van der Waals surface area contributed by atoms with E-state index < -0.39 is 0 Å². The number of carbonyl (C=O) groups is 1. The molecule has 0 radical (unpaired) electrons. The van der Waals surface area contributed by atoms with Crippen LogP contribution in [0, 0.1) is 5.92 Å². The molecule has 1 heterocycles. The molecule has 0 saturated carbocycles. The van der Waals surface area contributed by atoms with Crippen molar-refractivity contribution in [2.75, 3.05) is 19.6 Å². The largest absolute Gasteiger partial charge is 0.352 e. The monoisotopic (exact) mass is 269 g/mol. The Hall–Kier alpha value is -0.610. The van der Waals surface area contributed by atoms with Gasteiger partial charge >= 0.3 is 0 Å². The first kappa shape index (κ1) is 16.4. The Morgan fingerprint density at radius 1 is 1.32 bits per heavy atom. The molecule has 1 rings (SSSR count). The van der Waals surface area contributed by atoms with Crippen LogP contribution >= 0.6 is 0 Å². The van der Waals surface area contributed by atoms with Gasteiger partial charge in [-0.15, -0.1) is 0 Å². The van der Waals surface area contributed by atoms with Crippen LogP contribution in [0.4, 0.5) is 0 Å². The summed E-state index contributed by atoms with van der Waals surface area (Å²) in [6.45, 7) is 13.3. The van der Waals surface area contributed by atoms with Crippen LogP contribution in [-0.2, 0) is 4.79 Å². The van der Waals surface area contributed by atoms with Gasteiger partial charge in [-0.2, -0.15) is 0 Å². The van der Waals surface area contributed by atoms with Crippen molar-refractivity contribution in [3.63, 3.8) is 0 Å². The Bertz CT molecular complexity index is 273. The first-order chi connectivity index (χ1) is 8.90. The van der Waals surface area contributed by atoms with E-state index in [0.29, 0.717) is 24.5 Å². The van der Waals surface area contributed by atoms with E-state index in [9.17, 15) is 4.79 Å². The summed E-state index contributed by atoms with van der Waals surface area (Å²) in [4.78, 5) is 14.3. The Kier molecular flexibility index (Phi) is 6.80. The molecule has 19 heavy (non-hydrogen) atoms. The maximum atomic E-state index is 12.1. The van der Waals surface area contributed by atoms with Crippen LogP contribution in [0.1, 0.15) is 47.5 Å². The van der Waals surface area contributed by atoms with Gasteiger partial charge < -0.3 is 10.6 Å². The molecule has 1 fully saturated rings. The van der Waals surface area contributed by atoms with E-state index in [4.69, 9.17) is 0 Å². The molecule has 112 valence electrons. The smallest absolute Gasteiger partial charge is 0.234 e. The number of rotatable bonds is 7.